The molecule has 1 heteroatoms. The Balaban J connectivity index is 2.47. The first kappa shape index (κ1) is 7.39. The highest BCUT2D eigenvalue weighted by molar-refractivity contribution is 5.28. The van der Waals surface area contributed by atoms with Gasteiger partial charge in [0, 0.05) is 11.7 Å². The quantitative estimate of drug-likeness (QED) is 0.615. The van der Waals surface area contributed by atoms with E-state index >= 15 is 0 Å². The first-order chi connectivity index (χ1) is 4.74. The summed E-state index contributed by atoms with van der Waals surface area (Å²) >= 11 is 0. The van der Waals surface area contributed by atoms with Crippen molar-refractivity contribution in [2.75, 3.05) is 0 Å². The van der Waals surface area contributed by atoms with E-state index in [1.165, 1.54) is 18.5 Å². The fourth-order valence-electron chi connectivity index (χ4n) is 1.16. The zero-order valence-corrected chi connectivity index (χ0v) is 6.78. The second-order valence-corrected chi connectivity index (χ2v) is 2.88. The summed E-state index contributed by atoms with van der Waals surface area (Å²) in [5.41, 5.74) is 2.39. The van der Waals surface area contributed by atoms with Crippen LogP contribution in [0.5, 0.6) is 0 Å². The van der Waals surface area contributed by atoms with Gasteiger partial charge in [0.15, 0.2) is 0 Å². The summed E-state index contributed by atoms with van der Waals surface area (Å²) in [4.78, 5) is 0. The highest BCUT2D eigenvalue weighted by Gasteiger charge is 2.12. The molecule has 1 nitrogen and oxygen atoms in total. The molecule has 1 N–H and O–H groups in total. The van der Waals surface area contributed by atoms with E-state index in [1.807, 2.05) is 6.92 Å². The van der Waals surface area contributed by atoms with Gasteiger partial charge in [-0.3, -0.25) is 0 Å². The predicted molar refractivity (Wildman–Crippen MR) is 44.7 cm³/mol. The maximum atomic E-state index is 3.88. The van der Waals surface area contributed by atoms with Crippen molar-refractivity contribution in [2.45, 2.75) is 32.7 Å². The Morgan fingerprint density at radius 1 is 1.90 bits per heavy atom. The van der Waals surface area contributed by atoms with Gasteiger partial charge in [-0.15, -0.1) is 0 Å². The normalized spacial score (nSPS) is 23.8. The standard InChI is InChI=1S/C9H15N/c1-4-8-5-6-9(10-8)7(2)3/h6,8,10H,2,4-5H2,1,3H3. The average Bonchev–Trinajstić information content (AvgIpc) is 2.34. The molecular formula is C9H15N. The molecule has 0 bridgehead atoms. The van der Waals surface area contributed by atoms with E-state index in [0.29, 0.717) is 6.04 Å². The van der Waals surface area contributed by atoms with Gasteiger partial charge < -0.3 is 5.32 Å². The fraction of sp³-hybridized carbons (Fsp3) is 0.556. The Kier molecular flexibility index (Phi) is 2.15. The van der Waals surface area contributed by atoms with Crippen molar-refractivity contribution < 1.29 is 0 Å². The molecule has 1 heterocycles. The van der Waals surface area contributed by atoms with E-state index in [-0.39, 0.29) is 0 Å². The van der Waals surface area contributed by atoms with E-state index in [9.17, 15) is 0 Å². The Morgan fingerprint density at radius 3 is 2.90 bits per heavy atom. The molecule has 0 aromatic rings. The summed E-state index contributed by atoms with van der Waals surface area (Å²) in [7, 11) is 0. The molecule has 0 aliphatic carbocycles. The average molecular weight is 137 g/mol. The number of hydrogen-bond donors (Lipinski definition) is 1. The van der Waals surface area contributed by atoms with Crippen LogP contribution in [-0.2, 0) is 0 Å². The zero-order chi connectivity index (χ0) is 7.56. The first-order valence-corrected chi connectivity index (χ1v) is 3.86. The summed E-state index contributed by atoms with van der Waals surface area (Å²) in [5.74, 6) is 0. The SMILES string of the molecule is C=C(C)C1=CCC(CC)N1. The molecule has 1 atom stereocenters. The molecular weight excluding hydrogens is 122 g/mol. The van der Waals surface area contributed by atoms with Crippen LogP contribution >= 0.6 is 0 Å². The number of allylic oxidation sites excluding steroid dienone is 1. The van der Waals surface area contributed by atoms with E-state index in [0.717, 1.165) is 5.57 Å². The highest BCUT2D eigenvalue weighted by Crippen LogP contribution is 2.15. The molecule has 0 saturated heterocycles. The summed E-state index contributed by atoms with van der Waals surface area (Å²) < 4.78 is 0. The van der Waals surface area contributed by atoms with Crippen LogP contribution in [0.3, 0.4) is 0 Å². The van der Waals surface area contributed by atoms with E-state index in [2.05, 4.69) is 24.9 Å². The first-order valence-electron chi connectivity index (χ1n) is 3.86. The van der Waals surface area contributed by atoms with Gasteiger partial charge in [0.1, 0.15) is 0 Å². The lowest BCUT2D eigenvalue weighted by Crippen LogP contribution is -2.21. The minimum Gasteiger partial charge on any atom is -0.382 e. The minimum atomic E-state index is 0.659. The molecule has 1 unspecified atom stereocenters. The van der Waals surface area contributed by atoms with Crippen molar-refractivity contribution in [1.29, 1.82) is 0 Å². The Labute approximate surface area is 62.8 Å². The van der Waals surface area contributed by atoms with Gasteiger partial charge in [0.05, 0.1) is 0 Å². The van der Waals surface area contributed by atoms with E-state index < -0.39 is 0 Å². The van der Waals surface area contributed by atoms with Crippen LogP contribution in [0.2, 0.25) is 0 Å². The molecule has 0 saturated carbocycles. The van der Waals surface area contributed by atoms with Crippen LogP contribution in [-0.4, -0.2) is 6.04 Å². The lowest BCUT2D eigenvalue weighted by atomic mass is 10.2. The summed E-state index contributed by atoms with van der Waals surface area (Å²) in [5, 5.41) is 3.40. The van der Waals surface area contributed by atoms with E-state index in [4.69, 9.17) is 0 Å². The summed E-state index contributed by atoms with van der Waals surface area (Å²) in [6.45, 7) is 8.11. The molecule has 0 spiro atoms. The Morgan fingerprint density at radius 2 is 2.60 bits per heavy atom. The molecule has 1 rings (SSSR count). The molecule has 0 aromatic carbocycles. The van der Waals surface area contributed by atoms with Crippen LogP contribution in [0.25, 0.3) is 0 Å². The maximum absolute atomic E-state index is 3.88. The van der Waals surface area contributed by atoms with Crippen LogP contribution in [0.4, 0.5) is 0 Å². The van der Waals surface area contributed by atoms with E-state index in [1.54, 1.807) is 0 Å². The molecule has 0 aromatic heterocycles. The third-order valence-electron chi connectivity index (χ3n) is 1.92. The molecule has 1 aliphatic heterocycles. The Bertz CT molecular complexity index is 168. The van der Waals surface area contributed by atoms with Gasteiger partial charge in [0.2, 0.25) is 0 Å². The van der Waals surface area contributed by atoms with Crippen molar-refractivity contribution in [3.05, 3.63) is 23.9 Å². The second-order valence-electron chi connectivity index (χ2n) is 2.88. The maximum Gasteiger partial charge on any atom is 0.0326 e. The zero-order valence-electron chi connectivity index (χ0n) is 6.78. The van der Waals surface area contributed by atoms with Gasteiger partial charge in [0.25, 0.3) is 0 Å². The topological polar surface area (TPSA) is 12.0 Å². The third kappa shape index (κ3) is 1.41. The molecule has 0 radical (unpaired) electrons. The highest BCUT2D eigenvalue weighted by atomic mass is 14.9. The number of nitrogens with one attached hydrogen (secondary N) is 1. The van der Waals surface area contributed by atoms with Gasteiger partial charge in [-0.1, -0.05) is 19.6 Å². The largest absolute Gasteiger partial charge is 0.382 e. The van der Waals surface area contributed by atoms with Crippen LogP contribution in [0, 0.1) is 0 Å². The van der Waals surface area contributed by atoms with Crippen LogP contribution in [0.15, 0.2) is 23.9 Å². The third-order valence-corrected chi connectivity index (χ3v) is 1.92. The van der Waals surface area contributed by atoms with Gasteiger partial charge >= 0.3 is 0 Å². The van der Waals surface area contributed by atoms with Crippen molar-refractivity contribution in [2.24, 2.45) is 0 Å². The fourth-order valence-corrected chi connectivity index (χ4v) is 1.16. The summed E-state index contributed by atoms with van der Waals surface area (Å²) in [6.07, 6.45) is 4.60. The van der Waals surface area contributed by atoms with Gasteiger partial charge in [-0.05, 0) is 25.3 Å². The molecule has 0 amide bonds. The molecule has 10 heavy (non-hydrogen) atoms. The van der Waals surface area contributed by atoms with Crippen LogP contribution < -0.4 is 5.32 Å². The lowest BCUT2D eigenvalue weighted by Gasteiger charge is -2.10. The van der Waals surface area contributed by atoms with Crippen molar-refractivity contribution in [1.82, 2.24) is 5.32 Å². The second kappa shape index (κ2) is 2.91. The number of hydrogen-bond acceptors (Lipinski definition) is 1. The van der Waals surface area contributed by atoms with Crippen LogP contribution in [0.1, 0.15) is 26.7 Å². The smallest absolute Gasteiger partial charge is 0.0326 e. The predicted octanol–water partition coefficient (Wildman–Crippen LogP) is 2.22. The van der Waals surface area contributed by atoms with Crippen molar-refractivity contribution >= 4 is 0 Å². The monoisotopic (exact) mass is 137 g/mol. The van der Waals surface area contributed by atoms with Crippen molar-refractivity contribution in [3.8, 4) is 0 Å². The van der Waals surface area contributed by atoms with Gasteiger partial charge in [-0.25, -0.2) is 0 Å². The molecule has 1 aliphatic rings. The van der Waals surface area contributed by atoms with Crippen molar-refractivity contribution in [3.63, 3.8) is 0 Å². The number of rotatable bonds is 2. The lowest BCUT2D eigenvalue weighted by molar-refractivity contribution is 0.596. The Hall–Kier alpha value is -0.720. The van der Waals surface area contributed by atoms with Gasteiger partial charge in [-0.2, -0.15) is 0 Å². The minimum absolute atomic E-state index is 0.659. The summed E-state index contributed by atoms with van der Waals surface area (Å²) in [6, 6.07) is 0.659. The molecule has 56 valence electrons. The molecule has 0 fully saturated rings.